The maximum Gasteiger partial charge on any atom is 0.326 e. The van der Waals surface area contributed by atoms with Crippen LogP contribution in [-0.2, 0) is 21.4 Å². The van der Waals surface area contributed by atoms with Gasteiger partial charge in [-0.2, -0.15) is 0 Å². The predicted molar refractivity (Wildman–Crippen MR) is 206 cm³/mol. The third-order valence-electron chi connectivity index (χ3n) is 9.04. The molecule has 0 aliphatic rings. The minimum Gasteiger partial charge on any atom is -0.494 e. The number of unbranched alkanes of at least 4 members (excludes halogenated alkanes) is 4. The molecule has 0 saturated heterocycles. The first-order valence-electron chi connectivity index (χ1n) is 18.2. The molecule has 52 heavy (non-hydrogen) atoms. The topological polar surface area (TPSA) is 131 Å². The van der Waals surface area contributed by atoms with E-state index in [4.69, 9.17) is 4.74 Å². The summed E-state index contributed by atoms with van der Waals surface area (Å²) in [6.45, 7) is 14.4. The number of hydrogen-bond donors (Lipinski definition) is 3. The number of nitrogens with zero attached hydrogens (tertiary/aromatic N) is 2. The predicted octanol–water partition coefficient (Wildman–Crippen LogP) is 8.41. The average molecular weight is 707 g/mol. The Kier molecular flexibility index (Phi) is 13.7. The van der Waals surface area contributed by atoms with E-state index >= 15 is 0 Å². The van der Waals surface area contributed by atoms with Crippen LogP contribution in [0.1, 0.15) is 102 Å². The molecule has 3 aromatic carbocycles. The molecule has 0 aliphatic carbocycles. The van der Waals surface area contributed by atoms with Gasteiger partial charge in [-0.3, -0.25) is 9.59 Å². The summed E-state index contributed by atoms with van der Waals surface area (Å²) in [5.74, 6) is -0.746. The second-order valence-corrected chi connectivity index (χ2v) is 15.5. The minimum absolute atomic E-state index is 0.0792. The van der Waals surface area contributed by atoms with Crippen molar-refractivity contribution in [3.05, 3.63) is 102 Å². The summed E-state index contributed by atoms with van der Waals surface area (Å²) in [5.41, 5.74) is 4.10. The highest BCUT2D eigenvalue weighted by molar-refractivity contribution is 5.98. The van der Waals surface area contributed by atoms with Gasteiger partial charge in [0.2, 0.25) is 5.91 Å². The lowest BCUT2D eigenvalue weighted by Crippen LogP contribution is -2.56. The summed E-state index contributed by atoms with van der Waals surface area (Å²) in [6.07, 6.45) is 9.72. The second kappa shape index (κ2) is 17.9. The van der Waals surface area contributed by atoms with Gasteiger partial charge in [0.05, 0.1) is 6.61 Å². The van der Waals surface area contributed by atoms with Crippen molar-refractivity contribution in [3.63, 3.8) is 0 Å². The summed E-state index contributed by atoms with van der Waals surface area (Å²) in [5, 5.41) is 15.4. The average Bonchev–Trinajstić information content (AvgIpc) is 3.11. The lowest BCUT2D eigenvalue weighted by molar-refractivity contribution is -0.145. The van der Waals surface area contributed by atoms with Crippen LogP contribution in [0, 0.1) is 5.41 Å². The zero-order valence-corrected chi connectivity index (χ0v) is 31.7. The van der Waals surface area contributed by atoms with Gasteiger partial charge >= 0.3 is 5.97 Å². The molecule has 9 heteroatoms. The molecule has 2 atom stereocenters. The number of aliphatic carboxylic acids is 1. The number of carbonyl (C=O) groups excluding carboxylic acids is 2. The number of aromatic nitrogens is 2. The maximum atomic E-state index is 13.6. The Morgan fingerprint density at radius 1 is 0.731 bits per heavy atom. The molecule has 1 heterocycles. The van der Waals surface area contributed by atoms with Crippen molar-refractivity contribution in [1.82, 2.24) is 20.6 Å². The van der Waals surface area contributed by atoms with E-state index in [0.717, 1.165) is 46.6 Å². The summed E-state index contributed by atoms with van der Waals surface area (Å²) in [7, 11) is 0. The van der Waals surface area contributed by atoms with E-state index in [1.165, 1.54) is 25.7 Å². The van der Waals surface area contributed by atoms with Gasteiger partial charge in [-0.1, -0.05) is 123 Å². The smallest absolute Gasteiger partial charge is 0.326 e. The fraction of sp³-hybridized carbons (Fsp3) is 0.419. The molecule has 0 saturated carbocycles. The van der Waals surface area contributed by atoms with Crippen LogP contribution in [0.15, 0.2) is 85.2 Å². The van der Waals surface area contributed by atoms with Crippen LogP contribution in [0.3, 0.4) is 0 Å². The molecule has 0 radical (unpaired) electrons. The van der Waals surface area contributed by atoms with E-state index in [9.17, 15) is 19.5 Å². The Balaban J connectivity index is 1.44. The van der Waals surface area contributed by atoms with E-state index in [1.807, 2.05) is 60.7 Å². The minimum atomic E-state index is -1.15. The van der Waals surface area contributed by atoms with Gasteiger partial charge in [0.25, 0.3) is 5.91 Å². The lowest BCUT2D eigenvalue weighted by Gasteiger charge is -2.29. The van der Waals surface area contributed by atoms with E-state index in [-0.39, 0.29) is 11.8 Å². The van der Waals surface area contributed by atoms with Crippen LogP contribution in [-0.4, -0.2) is 51.5 Å². The van der Waals surface area contributed by atoms with E-state index in [2.05, 4.69) is 48.3 Å². The van der Waals surface area contributed by atoms with Gasteiger partial charge < -0.3 is 20.5 Å². The van der Waals surface area contributed by atoms with E-state index in [1.54, 1.807) is 45.3 Å². The van der Waals surface area contributed by atoms with Crippen LogP contribution >= 0.6 is 0 Å². The molecule has 4 aromatic rings. The third kappa shape index (κ3) is 11.5. The molecular weight excluding hydrogens is 652 g/mol. The third-order valence-corrected chi connectivity index (χ3v) is 9.04. The number of carboxylic acids is 1. The molecule has 4 rings (SSSR count). The highest BCUT2D eigenvalue weighted by Gasteiger charge is 2.35. The fourth-order valence-corrected chi connectivity index (χ4v) is 5.76. The Hall–Kier alpha value is -5.05. The Morgan fingerprint density at radius 2 is 1.33 bits per heavy atom. The zero-order valence-electron chi connectivity index (χ0n) is 31.7. The van der Waals surface area contributed by atoms with Crippen molar-refractivity contribution < 1.29 is 24.2 Å². The molecule has 1 aromatic heterocycles. The number of carboxylic acid groups (broad SMARTS) is 1. The summed E-state index contributed by atoms with van der Waals surface area (Å²) in [6, 6.07) is 20.5. The van der Waals surface area contributed by atoms with Crippen LogP contribution < -0.4 is 15.4 Å². The monoisotopic (exact) mass is 706 g/mol. The number of carbonyl (C=O) groups is 3. The van der Waals surface area contributed by atoms with Crippen molar-refractivity contribution >= 4 is 17.8 Å². The van der Waals surface area contributed by atoms with Gasteiger partial charge in [0.15, 0.2) is 5.82 Å². The Labute approximate surface area is 308 Å². The standard InChI is InChI=1S/C43H54N4O5/c1-8-9-10-11-12-25-52-35-23-19-30(20-24-35)33-27-44-38(45-28-33)31-15-13-29(14-16-31)26-36(40(49)47-37(41(50)51)43(5,6)7)46-39(48)32-17-21-34(22-18-32)42(2,3)4/h13-24,27-28,36-37H,8-12,25-26H2,1-7H3,(H,46,48)(H,47,49)(H,50,51)/t36-,37+/m0/s1. The first-order chi connectivity index (χ1) is 24.7. The number of rotatable bonds is 16. The molecule has 0 spiro atoms. The molecule has 276 valence electrons. The second-order valence-electron chi connectivity index (χ2n) is 15.5. The van der Waals surface area contributed by atoms with E-state index < -0.39 is 35.3 Å². The summed E-state index contributed by atoms with van der Waals surface area (Å²) < 4.78 is 5.90. The highest BCUT2D eigenvalue weighted by Crippen LogP contribution is 2.25. The molecule has 0 bridgehead atoms. The summed E-state index contributed by atoms with van der Waals surface area (Å²) in [4.78, 5) is 48.2. The van der Waals surface area contributed by atoms with Gasteiger partial charge in [-0.05, 0) is 58.2 Å². The number of amides is 2. The highest BCUT2D eigenvalue weighted by atomic mass is 16.5. The van der Waals surface area contributed by atoms with Crippen LogP contribution in [0.25, 0.3) is 22.5 Å². The summed E-state index contributed by atoms with van der Waals surface area (Å²) >= 11 is 0. The molecule has 0 unspecified atom stereocenters. The lowest BCUT2D eigenvalue weighted by atomic mass is 9.86. The zero-order chi connectivity index (χ0) is 37.9. The number of ether oxygens (including phenoxy) is 1. The number of benzene rings is 3. The largest absolute Gasteiger partial charge is 0.494 e. The molecule has 0 aliphatic heterocycles. The fourth-order valence-electron chi connectivity index (χ4n) is 5.76. The van der Waals surface area contributed by atoms with Crippen LogP contribution in [0.2, 0.25) is 0 Å². The van der Waals surface area contributed by atoms with E-state index in [0.29, 0.717) is 11.4 Å². The van der Waals surface area contributed by atoms with Crippen molar-refractivity contribution in [2.24, 2.45) is 5.41 Å². The van der Waals surface area contributed by atoms with Gasteiger partial charge in [-0.15, -0.1) is 0 Å². The maximum absolute atomic E-state index is 13.6. The number of hydrogen-bond acceptors (Lipinski definition) is 6. The van der Waals surface area contributed by atoms with Gasteiger partial charge in [0.1, 0.15) is 17.8 Å². The van der Waals surface area contributed by atoms with Crippen molar-refractivity contribution in [2.75, 3.05) is 6.61 Å². The molecule has 3 N–H and O–H groups in total. The first kappa shape index (κ1) is 39.7. The Morgan fingerprint density at radius 3 is 1.88 bits per heavy atom. The van der Waals surface area contributed by atoms with Crippen LogP contribution in [0.4, 0.5) is 0 Å². The van der Waals surface area contributed by atoms with Crippen molar-refractivity contribution in [3.8, 4) is 28.3 Å². The van der Waals surface area contributed by atoms with Gasteiger partial charge in [-0.25, -0.2) is 14.8 Å². The molecule has 2 amide bonds. The Bertz CT molecular complexity index is 1760. The molecular formula is C43H54N4O5. The number of nitrogens with one attached hydrogen (secondary N) is 2. The van der Waals surface area contributed by atoms with Gasteiger partial charge in [0, 0.05) is 35.5 Å². The van der Waals surface area contributed by atoms with Crippen LogP contribution in [0.5, 0.6) is 5.75 Å². The normalized spacial score (nSPS) is 12.8. The van der Waals surface area contributed by atoms with Crippen molar-refractivity contribution in [2.45, 2.75) is 104 Å². The van der Waals surface area contributed by atoms with Crippen molar-refractivity contribution in [1.29, 1.82) is 0 Å². The molecule has 9 nitrogen and oxygen atoms in total. The first-order valence-corrected chi connectivity index (χ1v) is 18.2. The quantitative estimate of drug-likeness (QED) is 0.0998. The SMILES string of the molecule is CCCCCCCOc1ccc(-c2cnc(-c3ccc(C[C@H](NC(=O)c4ccc(C(C)(C)C)cc4)C(=O)N[C@H](C(=O)O)C(C)(C)C)cc3)nc2)cc1. The molecule has 0 fully saturated rings.